The van der Waals surface area contributed by atoms with Gasteiger partial charge in [-0.05, 0) is 12.1 Å². The molecule has 20 heavy (non-hydrogen) atoms. The topological polar surface area (TPSA) is 72.7 Å². The molecule has 3 rings (SSSR count). The molecular formula is C14H13N5O. The molecule has 0 fully saturated rings. The highest BCUT2D eigenvalue weighted by Crippen LogP contribution is 2.10. The van der Waals surface area contributed by atoms with Crippen molar-refractivity contribution in [2.45, 2.75) is 6.54 Å². The highest BCUT2D eigenvalue weighted by atomic mass is 16.1. The average Bonchev–Trinajstić information content (AvgIpc) is 2.51. The first-order valence-electron chi connectivity index (χ1n) is 6.21. The third-order valence-electron chi connectivity index (χ3n) is 3.03. The molecule has 1 aromatic carbocycles. The van der Waals surface area contributed by atoms with Crippen LogP contribution in [0.3, 0.4) is 0 Å². The number of benzene rings is 1. The Balaban J connectivity index is 2.05. The van der Waals surface area contributed by atoms with Crippen molar-refractivity contribution in [3.05, 3.63) is 58.9 Å². The molecule has 2 aromatic heterocycles. The summed E-state index contributed by atoms with van der Waals surface area (Å²) in [6, 6.07) is 7.53. The van der Waals surface area contributed by atoms with Crippen molar-refractivity contribution in [3.63, 3.8) is 0 Å². The number of hydrogen-bond acceptors (Lipinski definition) is 5. The van der Waals surface area contributed by atoms with E-state index in [1.807, 2.05) is 24.3 Å². The molecule has 0 saturated carbocycles. The van der Waals surface area contributed by atoms with Crippen LogP contribution in [0.5, 0.6) is 0 Å². The summed E-state index contributed by atoms with van der Waals surface area (Å²) in [7, 11) is 1.78. The van der Waals surface area contributed by atoms with Crippen LogP contribution in [0.4, 0.5) is 5.82 Å². The van der Waals surface area contributed by atoms with Gasteiger partial charge in [0.05, 0.1) is 41.9 Å². The summed E-state index contributed by atoms with van der Waals surface area (Å²) in [4.78, 5) is 24.6. The maximum atomic E-state index is 12.0. The van der Waals surface area contributed by atoms with E-state index in [4.69, 9.17) is 0 Å². The van der Waals surface area contributed by atoms with E-state index < -0.39 is 0 Å². The van der Waals surface area contributed by atoms with Gasteiger partial charge in [0.25, 0.3) is 5.56 Å². The maximum Gasteiger partial charge on any atom is 0.269 e. The normalized spacial score (nSPS) is 10.7. The van der Waals surface area contributed by atoms with E-state index in [9.17, 15) is 4.79 Å². The van der Waals surface area contributed by atoms with Crippen LogP contribution in [0.15, 0.2) is 47.7 Å². The second-order valence-electron chi connectivity index (χ2n) is 4.31. The van der Waals surface area contributed by atoms with Crippen molar-refractivity contribution in [2.24, 2.45) is 0 Å². The number of fused-ring (bicyclic) bond motifs is 1. The lowest BCUT2D eigenvalue weighted by molar-refractivity contribution is 0.759. The number of nitrogens with one attached hydrogen (secondary N) is 1. The van der Waals surface area contributed by atoms with Crippen LogP contribution in [0.2, 0.25) is 0 Å². The van der Waals surface area contributed by atoms with Crippen LogP contribution in [0, 0.1) is 0 Å². The van der Waals surface area contributed by atoms with E-state index in [-0.39, 0.29) is 5.56 Å². The molecule has 3 aromatic rings. The number of nitrogens with zero attached hydrogens (tertiary/aromatic N) is 4. The Morgan fingerprint density at radius 3 is 2.70 bits per heavy atom. The lowest BCUT2D eigenvalue weighted by atomic mass is 10.3. The molecule has 0 aliphatic rings. The highest BCUT2D eigenvalue weighted by Gasteiger charge is 2.05. The number of aromatic nitrogens is 4. The summed E-state index contributed by atoms with van der Waals surface area (Å²) in [5.41, 5.74) is 2.15. The number of hydrogen-bond donors (Lipinski definition) is 1. The summed E-state index contributed by atoms with van der Waals surface area (Å²) in [5.74, 6) is 0.695. The van der Waals surface area contributed by atoms with Gasteiger partial charge in [0, 0.05) is 7.05 Å². The predicted molar refractivity (Wildman–Crippen MR) is 76.7 cm³/mol. The van der Waals surface area contributed by atoms with Gasteiger partial charge in [-0.2, -0.15) is 0 Å². The first-order chi connectivity index (χ1) is 9.78. The second kappa shape index (κ2) is 5.08. The van der Waals surface area contributed by atoms with Gasteiger partial charge in [0.1, 0.15) is 5.82 Å². The number of para-hydroxylation sites is 2. The molecule has 0 aliphatic carbocycles. The zero-order valence-corrected chi connectivity index (χ0v) is 10.9. The summed E-state index contributed by atoms with van der Waals surface area (Å²) in [6.45, 7) is 0.374. The summed E-state index contributed by atoms with van der Waals surface area (Å²) < 4.78 is 1.64. The number of rotatable bonds is 3. The first kappa shape index (κ1) is 12.3. The Hall–Kier alpha value is -2.76. The van der Waals surface area contributed by atoms with Gasteiger partial charge >= 0.3 is 0 Å². The van der Waals surface area contributed by atoms with Gasteiger partial charge in [-0.3, -0.25) is 14.3 Å². The second-order valence-corrected chi connectivity index (χ2v) is 4.31. The van der Waals surface area contributed by atoms with E-state index in [0.29, 0.717) is 12.4 Å². The van der Waals surface area contributed by atoms with Gasteiger partial charge in [0.2, 0.25) is 0 Å². The van der Waals surface area contributed by atoms with Crippen LogP contribution < -0.4 is 10.9 Å². The molecule has 2 heterocycles. The van der Waals surface area contributed by atoms with E-state index >= 15 is 0 Å². The monoisotopic (exact) mass is 267 g/mol. The summed E-state index contributed by atoms with van der Waals surface area (Å²) in [6.07, 6.45) is 4.63. The van der Waals surface area contributed by atoms with Crippen molar-refractivity contribution >= 4 is 16.9 Å². The van der Waals surface area contributed by atoms with E-state index in [0.717, 1.165) is 16.7 Å². The lowest BCUT2D eigenvalue weighted by Gasteiger charge is -2.09. The molecule has 6 heteroatoms. The fourth-order valence-electron chi connectivity index (χ4n) is 2.01. The average molecular weight is 267 g/mol. The van der Waals surface area contributed by atoms with Crippen LogP contribution >= 0.6 is 0 Å². The van der Waals surface area contributed by atoms with Gasteiger partial charge in [0.15, 0.2) is 0 Å². The Bertz CT molecular complexity index is 795. The molecule has 0 radical (unpaired) electrons. The zero-order chi connectivity index (χ0) is 13.9. The minimum atomic E-state index is -0.150. The molecule has 0 amide bonds. The minimum Gasteiger partial charge on any atom is -0.372 e. The minimum absolute atomic E-state index is 0.150. The van der Waals surface area contributed by atoms with Gasteiger partial charge in [-0.25, -0.2) is 9.97 Å². The molecule has 0 aliphatic heterocycles. The van der Waals surface area contributed by atoms with Gasteiger partial charge < -0.3 is 5.32 Å². The Labute approximate surface area is 115 Å². The Morgan fingerprint density at radius 1 is 1.10 bits per heavy atom. The van der Waals surface area contributed by atoms with Crippen molar-refractivity contribution in [1.82, 2.24) is 19.5 Å². The SMILES string of the molecule is CNc1cnc(Cn2c(=O)cnc3ccccc32)cn1. The Kier molecular flexibility index (Phi) is 3.12. The van der Waals surface area contributed by atoms with Crippen molar-refractivity contribution in [2.75, 3.05) is 12.4 Å². The maximum absolute atomic E-state index is 12.0. The molecule has 1 N–H and O–H groups in total. The van der Waals surface area contributed by atoms with Crippen LogP contribution in [0.1, 0.15) is 5.69 Å². The quantitative estimate of drug-likeness (QED) is 0.773. The standard InChI is InChI=1S/C14H13N5O/c1-15-13-7-16-10(6-18-13)9-19-12-5-3-2-4-11(12)17-8-14(19)20/h2-8H,9H2,1H3,(H,15,18). The van der Waals surface area contributed by atoms with Crippen LogP contribution in [-0.2, 0) is 6.54 Å². The first-order valence-corrected chi connectivity index (χ1v) is 6.21. The van der Waals surface area contributed by atoms with Gasteiger partial charge in [-0.1, -0.05) is 12.1 Å². The molecule has 0 saturated heterocycles. The van der Waals surface area contributed by atoms with Crippen molar-refractivity contribution in [1.29, 1.82) is 0 Å². The van der Waals surface area contributed by atoms with Crippen molar-refractivity contribution in [3.8, 4) is 0 Å². The lowest BCUT2D eigenvalue weighted by Crippen LogP contribution is -2.21. The third kappa shape index (κ3) is 2.23. The highest BCUT2D eigenvalue weighted by molar-refractivity contribution is 5.74. The molecule has 0 atom stereocenters. The smallest absolute Gasteiger partial charge is 0.269 e. The molecule has 0 spiro atoms. The fourth-order valence-corrected chi connectivity index (χ4v) is 2.01. The van der Waals surface area contributed by atoms with Crippen LogP contribution in [0.25, 0.3) is 11.0 Å². The fraction of sp³-hybridized carbons (Fsp3) is 0.143. The molecule has 0 unspecified atom stereocenters. The van der Waals surface area contributed by atoms with Crippen LogP contribution in [-0.4, -0.2) is 26.6 Å². The molecule has 0 bridgehead atoms. The van der Waals surface area contributed by atoms with Crippen molar-refractivity contribution < 1.29 is 0 Å². The molecular weight excluding hydrogens is 254 g/mol. The number of anilines is 1. The largest absolute Gasteiger partial charge is 0.372 e. The van der Waals surface area contributed by atoms with E-state index in [1.54, 1.807) is 24.0 Å². The van der Waals surface area contributed by atoms with E-state index in [2.05, 4.69) is 20.3 Å². The molecule has 100 valence electrons. The molecule has 6 nitrogen and oxygen atoms in total. The zero-order valence-electron chi connectivity index (χ0n) is 10.9. The van der Waals surface area contributed by atoms with Gasteiger partial charge in [-0.15, -0.1) is 0 Å². The predicted octanol–water partition coefficient (Wildman–Crippen LogP) is 1.28. The van der Waals surface area contributed by atoms with E-state index in [1.165, 1.54) is 6.20 Å². The third-order valence-corrected chi connectivity index (χ3v) is 3.03. The summed E-state index contributed by atoms with van der Waals surface area (Å²) in [5, 5.41) is 2.91. The summed E-state index contributed by atoms with van der Waals surface area (Å²) >= 11 is 0. The Morgan fingerprint density at radius 2 is 1.95 bits per heavy atom.